The Hall–Kier alpha value is -3.54. The molecule has 0 saturated heterocycles. The third-order valence-electron chi connectivity index (χ3n) is 4.37. The highest BCUT2D eigenvalue weighted by Crippen LogP contribution is 2.37. The molecule has 3 nitrogen and oxygen atoms in total. The summed E-state index contributed by atoms with van der Waals surface area (Å²) in [7, 11) is 0. The van der Waals surface area contributed by atoms with Crippen LogP contribution in [0, 0.1) is 0 Å². The molecule has 3 aromatic carbocycles. The number of furan rings is 1. The molecule has 1 aromatic heterocycles. The van der Waals surface area contributed by atoms with Crippen LogP contribution in [0.2, 0.25) is 0 Å². The van der Waals surface area contributed by atoms with Gasteiger partial charge in [0.25, 0.3) is 5.91 Å². The number of hydrogen-bond donors (Lipinski definition) is 1. The molecule has 0 bridgehead atoms. The Morgan fingerprint density at radius 2 is 1.54 bits per heavy atom. The summed E-state index contributed by atoms with van der Waals surface area (Å²) < 4.78 is 45.1. The molecule has 1 amide bonds. The standard InChI is InChI=1S/C22H14F3NO2/c23-22(24,25)17-10-4-3-9-16(17)19-12-13-20(28-19)21(27)26-18-11-5-7-14-6-1-2-8-15(14)18/h1-13H,(H,26,27). The average Bonchev–Trinajstić information content (AvgIpc) is 3.18. The maximum atomic E-state index is 13.2. The molecule has 0 aliphatic heterocycles. The van der Waals surface area contributed by atoms with E-state index in [1.54, 1.807) is 6.07 Å². The van der Waals surface area contributed by atoms with E-state index in [1.165, 1.54) is 30.3 Å². The van der Waals surface area contributed by atoms with E-state index in [0.29, 0.717) is 5.69 Å². The summed E-state index contributed by atoms with van der Waals surface area (Å²) in [6, 6.07) is 20.8. The van der Waals surface area contributed by atoms with Crippen molar-refractivity contribution in [1.29, 1.82) is 0 Å². The van der Waals surface area contributed by atoms with Crippen molar-refractivity contribution in [2.75, 3.05) is 5.32 Å². The first-order valence-electron chi connectivity index (χ1n) is 8.49. The van der Waals surface area contributed by atoms with Crippen LogP contribution in [0.25, 0.3) is 22.1 Å². The van der Waals surface area contributed by atoms with E-state index < -0.39 is 17.6 Å². The van der Waals surface area contributed by atoms with Crippen LogP contribution in [0.3, 0.4) is 0 Å². The lowest BCUT2D eigenvalue weighted by atomic mass is 10.1. The van der Waals surface area contributed by atoms with Crippen molar-refractivity contribution in [1.82, 2.24) is 0 Å². The molecule has 1 heterocycles. The summed E-state index contributed by atoms with van der Waals surface area (Å²) in [5.74, 6) is -0.622. The van der Waals surface area contributed by atoms with Crippen molar-refractivity contribution in [2.45, 2.75) is 6.18 Å². The lowest BCUT2D eigenvalue weighted by molar-refractivity contribution is -0.137. The molecule has 140 valence electrons. The Kier molecular flexibility index (Phi) is 4.39. The zero-order valence-corrected chi connectivity index (χ0v) is 14.5. The number of benzene rings is 3. The summed E-state index contributed by atoms with van der Waals surface area (Å²) in [6.07, 6.45) is -4.52. The predicted molar refractivity (Wildman–Crippen MR) is 101 cm³/mol. The van der Waals surface area contributed by atoms with Crippen molar-refractivity contribution in [3.63, 3.8) is 0 Å². The van der Waals surface area contributed by atoms with Crippen molar-refractivity contribution < 1.29 is 22.4 Å². The number of halogens is 3. The highest BCUT2D eigenvalue weighted by atomic mass is 19.4. The summed E-state index contributed by atoms with van der Waals surface area (Å²) in [4.78, 5) is 12.6. The Labute approximate surface area is 158 Å². The van der Waals surface area contributed by atoms with Crippen LogP contribution >= 0.6 is 0 Å². The molecule has 0 saturated carbocycles. The van der Waals surface area contributed by atoms with Crippen LogP contribution < -0.4 is 5.32 Å². The summed E-state index contributed by atoms with van der Waals surface area (Å²) in [6.45, 7) is 0. The maximum Gasteiger partial charge on any atom is 0.417 e. The second kappa shape index (κ2) is 6.88. The van der Waals surface area contributed by atoms with Gasteiger partial charge in [0.05, 0.1) is 5.56 Å². The number of rotatable bonds is 3. The van der Waals surface area contributed by atoms with Gasteiger partial charge < -0.3 is 9.73 Å². The number of nitrogens with one attached hydrogen (secondary N) is 1. The molecule has 0 atom stereocenters. The van der Waals surface area contributed by atoms with Crippen LogP contribution in [0.1, 0.15) is 16.1 Å². The number of anilines is 1. The van der Waals surface area contributed by atoms with E-state index in [4.69, 9.17) is 4.42 Å². The Balaban J connectivity index is 1.64. The highest BCUT2D eigenvalue weighted by Gasteiger charge is 2.34. The maximum absolute atomic E-state index is 13.2. The quantitative estimate of drug-likeness (QED) is 0.448. The van der Waals surface area contributed by atoms with Crippen molar-refractivity contribution in [3.8, 4) is 11.3 Å². The molecule has 0 aliphatic carbocycles. The average molecular weight is 381 g/mol. The minimum Gasteiger partial charge on any atom is -0.451 e. The number of amides is 1. The van der Waals surface area contributed by atoms with Crippen molar-refractivity contribution in [3.05, 3.63) is 90.2 Å². The van der Waals surface area contributed by atoms with Crippen molar-refractivity contribution in [2.24, 2.45) is 0 Å². The second-order valence-corrected chi connectivity index (χ2v) is 6.19. The zero-order chi connectivity index (χ0) is 19.7. The monoisotopic (exact) mass is 381 g/mol. The first kappa shape index (κ1) is 17.9. The molecule has 1 N–H and O–H groups in total. The number of alkyl halides is 3. The molecule has 28 heavy (non-hydrogen) atoms. The van der Waals surface area contributed by atoms with Gasteiger partial charge in [-0.3, -0.25) is 4.79 Å². The van der Waals surface area contributed by atoms with E-state index in [-0.39, 0.29) is 17.1 Å². The van der Waals surface area contributed by atoms with Crippen LogP contribution in [0.15, 0.2) is 83.3 Å². The molecule has 0 spiro atoms. The normalized spacial score (nSPS) is 11.5. The molecule has 4 rings (SSSR count). The summed E-state index contributed by atoms with van der Waals surface area (Å²) >= 11 is 0. The van der Waals surface area contributed by atoms with Gasteiger partial charge >= 0.3 is 6.18 Å². The second-order valence-electron chi connectivity index (χ2n) is 6.19. The van der Waals surface area contributed by atoms with Gasteiger partial charge in [-0.2, -0.15) is 13.2 Å². The summed E-state index contributed by atoms with van der Waals surface area (Å²) in [5.41, 5.74) is -0.332. The lowest BCUT2D eigenvalue weighted by Crippen LogP contribution is -2.11. The predicted octanol–water partition coefficient (Wildman–Crippen LogP) is 6.37. The van der Waals surface area contributed by atoms with Gasteiger partial charge in [0.2, 0.25) is 0 Å². The molecule has 0 fully saturated rings. The lowest BCUT2D eigenvalue weighted by Gasteiger charge is -2.10. The fraction of sp³-hybridized carbons (Fsp3) is 0.0455. The number of carbonyl (C=O) groups excluding carboxylic acids is 1. The minimum absolute atomic E-state index is 0.0176. The number of hydrogen-bond acceptors (Lipinski definition) is 2. The van der Waals surface area contributed by atoms with E-state index in [1.807, 2.05) is 36.4 Å². The van der Waals surface area contributed by atoms with E-state index >= 15 is 0 Å². The molecule has 6 heteroatoms. The van der Waals surface area contributed by atoms with Gasteiger partial charge in [0.15, 0.2) is 5.76 Å². The van der Waals surface area contributed by atoms with Gasteiger partial charge in [-0.25, -0.2) is 0 Å². The van der Waals surface area contributed by atoms with Crippen molar-refractivity contribution >= 4 is 22.4 Å². The topological polar surface area (TPSA) is 42.2 Å². The van der Waals surface area contributed by atoms with Crippen LogP contribution in [-0.2, 0) is 6.18 Å². The van der Waals surface area contributed by atoms with E-state index in [0.717, 1.165) is 16.8 Å². The van der Waals surface area contributed by atoms with E-state index in [9.17, 15) is 18.0 Å². The number of carbonyl (C=O) groups is 1. The fourth-order valence-electron chi connectivity index (χ4n) is 3.07. The first-order valence-corrected chi connectivity index (χ1v) is 8.49. The Morgan fingerprint density at radius 3 is 2.36 bits per heavy atom. The highest BCUT2D eigenvalue weighted by molar-refractivity contribution is 6.08. The molecule has 0 radical (unpaired) electrons. The van der Waals surface area contributed by atoms with Crippen LogP contribution in [0.4, 0.5) is 18.9 Å². The SMILES string of the molecule is O=C(Nc1cccc2ccccc12)c1ccc(-c2ccccc2C(F)(F)F)o1. The molecule has 4 aromatic rings. The molecular formula is C22H14F3NO2. The molecular weight excluding hydrogens is 367 g/mol. The van der Waals surface area contributed by atoms with E-state index in [2.05, 4.69) is 5.32 Å². The fourth-order valence-corrected chi connectivity index (χ4v) is 3.07. The first-order chi connectivity index (χ1) is 13.4. The van der Waals surface area contributed by atoms with Gasteiger partial charge in [0, 0.05) is 16.6 Å². The minimum atomic E-state index is -4.52. The largest absolute Gasteiger partial charge is 0.451 e. The number of fused-ring (bicyclic) bond motifs is 1. The van der Waals surface area contributed by atoms with Gasteiger partial charge in [-0.05, 0) is 29.7 Å². The molecule has 0 unspecified atom stereocenters. The van der Waals surface area contributed by atoms with Gasteiger partial charge in [-0.15, -0.1) is 0 Å². The van der Waals surface area contributed by atoms with Gasteiger partial charge in [-0.1, -0.05) is 54.6 Å². The zero-order valence-electron chi connectivity index (χ0n) is 14.5. The molecule has 0 aliphatic rings. The third-order valence-corrected chi connectivity index (χ3v) is 4.37. The van der Waals surface area contributed by atoms with Crippen LogP contribution in [0.5, 0.6) is 0 Å². The van der Waals surface area contributed by atoms with Crippen LogP contribution in [-0.4, -0.2) is 5.91 Å². The van der Waals surface area contributed by atoms with Gasteiger partial charge in [0.1, 0.15) is 5.76 Å². The smallest absolute Gasteiger partial charge is 0.417 e. The third kappa shape index (κ3) is 3.36. The Bertz CT molecular complexity index is 1160. The Morgan fingerprint density at radius 1 is 0.821 bits per heavy atom. The summed E-state index contributed by atoms with van der Waals surface area (Å²) in [5, 5.41) is 4.57.